The smallest absolute Gasteiger partial charge is 0.106 e. The third-order valence-electron chi connectivity index (χ3n) is 4.91. The Bertz CT molecular complexity index is 528. The first-order chi connectivity index (χ1) is 9.56. The Morgan fingerprint density at radius 3 is 2.75 bits per heavy atom. The van der Waals surface area contributed by atoms with E-state index in [4.69, 9.17) is 18.0 Å². The van der Waals surface area contributed by atoms with Gasteiger partial charge in [0.05, 0.1) is 0 Å². The molecule has 1 aromatic rings. The van der Waals surface area contributed by atoms with Crippen molar-refractivity contribution in [2.45, 2.75) is 38.3 Å². The standard InChI is InChI=1S/C16H23N3S/c1-11-3-6-15(14(9-11)16(17)20)19-8-7-12-4-5-13(10-19)18(12)2/h3,6,9,12-13H,4-5,7-8,10H2,1-2H3,(H2,17,20). The van der Waals surface area contributed by atoms with Gasteiger partial charge in [-0.05, 0) is 45.4 Å². The summed E-state index contributed by atoms with van der Waals surface area (Å²) < 4.78 is 0. The molecule has 0 radical (unpaired) electrons. The van der Waals surface area contributed by atoms with E-state index >= 15 is 0 Å². The summed E-state index contributed by atoms with van der Waals surface area (Å²) in [6.07, 6.45) is 3.90. The lowest BCUT2D eigenvalue weighted by atomic mass is 10.0. The van der Waals surface area contributed by atoms with Crippen LogP contribution >= 0.6 is 12.2 Å². The highest BCUT2D eigenvalue weighted by molar-refractivity contribution is 7.80. The fourth-order valence-electron chi connectivity index (χ4n) is 3.65. The Labute approximate surface area is 126 Å². The SMILES string of the molecule is Cc1ccc(N2CCC3CCC(C2)N3C)c(C(N)=S)c1. The van der Waals surface area contributed by atoms with Crippen LogP contribution in [0, 0.1) is 6.92 Å². The molecule has 0 amide bonds. The van der Waals surface area contributed by atoms with E-state index < -0.39 is 0 Å². The molecule has 2 unspecified atom stereocenters. The normalized spacial score (nSPS) is 26.6. The highest BCUT2D eigenvalue weighted by atomic mass is 32.1. The fraction of sp³-hybridized carbons (Fsp3) is 0.562. The van der Waals surface area contributed by atoms with Crippen LogP contribution < -0.4 is 10.6 Å². The minimum atomic E-state index is 0.506. The largest absolute Gasteiger partial charge is 0.389 e. The molecule has 2 heterocycles. The molecule has 3 nitrogen and oxygen atoms in total. The van der Waals surface area contributed by atoms with Crippen molar-refractivity contribution in [1.29, 1.82) is 0 Å². The monoisotopic (exact) mass is 289 g/mol. The van der Waals surface area contributed by atoms with Gasteiger partial charge in [0.25, 0.3) is 0 Å². The molecule has 2 bridgehead atoms. The van der Waals surface area contributed by atoms with E-state index in [1.54, 1.807) is 0 Å². The van der Waals surface area contributed by atoms with Gasteiger partial charge in [-0.2, -0.15) is 0 Å². The van der Waals surface area contributed by atoms with Gasteiger partial charge in [0, 0.05) is 36.4 Å². The number of benzene rings is 1. The third kappa shape index (κ3) is 2.42. The predicted molar refractivity (Wildman–Crippen MR) is 88.5 cm³/mol. The Balaban J connectivity index is 1.91. The summed E-state index contributed by atoms with van der Waals surface area (Å²) in [5.41, 5.74) is 9.38. The lowest BCUT2D eigenvalue weighted by Gasteiger charge is -2.29. The van der Waals surface area contributed by atoms with Crippen LogP contribution in [0.5, 0.6) is 0 Å². The summed E-state index contributed by atoms with van der Waals surface area (Å²) in [7, 11) is 2.27. The number of likely N-dealkylation sites (N-methyl/N-ethyl adjacent to an activating group) is 1. The molecule has 2 aliphatic rings. The second kappa shape index (κ2) is 5.34. The molecule has 2 N–H and O–H groups in total. The molecule has 0 saturated carbocycles. The van der Waals surface area contributed by atoms with Crippen LogP contribution in [0.25, 0.3) is 0 Å². The average Bonchev–Trinajstić information content (AvgIpc) is 2.64. The van der Waals surface area contributed by atoms with E-state index in [9.17, 15) is 0 Å². The summed E-state index contributed by atoms with van der Waals surface area (Å²) in [5.74, 6) is 0. The Hall–Kier alpha value is -1.13. The number of aryl methyl sites for hydroxylation is 1. The first-order valence-electron chi connectivity index (χ1n) is 7.43. The van der Waals surface area contributed by atoms with Crippen LogP contribution in [0.2, 0.25) is 0 Å². The van der Waals surface area contributed by atoms with Gasteiger partial charge >= 0.3 is 0 Å². The van der Waals surface area contributed by atoms with Crippen molar-refractivity contribution < 1.29 is 0 Å². The highest BCUT2D eigenvalue weighted by Crippen LogP contribution is 2.32. The number of hydrogen-bond donors (Lipinski definition) is 1. The van der Waals surface area contributed by atoms with Gasteiger partial charge in [-0.1, -0.05) is 23.8 Å². The van der Waals surface area contributed by atoms with Gasteiger partial charge < -0.3 is 10.6 Å². The topological polar surface area (TPSA) is 32.5 Å². The molecule has 4 heteroatoms. The maximum Gasteiger partial charge on any atom is 0.106 e. The van der Waals surface area contributed by atoms with E-state index in [1.165, 1.54) is 30.5 Å². The zero-order valence-corrected chi connectivity index (χ0v) is 13.1. The molecular formula is C16H23N3S. The molecule has 3 rings (SSSR count). The highest BCUT2D eigenvalue weighted by Gasteiger charge is 2.35. The number of nitrogens with two attached hydrogens (primary N) is 1. The molecule has 108 valence electrons. The zero-order chi connectivity index (χ0) is 14.3. The summed E-state index contributed by atoms with van der Waals surface area (Å²) in [4.78, 5) is 5.55. The summed E-state index contributed by atoms with van der Waals surface area (Å²) in [6, 6.07) is 7.88. The summed E-state index contributed by atoms with van der Waals surface area (Å²) in [5, 5.41) is 0. The first-order valence-corrected chi connectivity index (χ1v) is 7.84. The fourth-order valence-corrected chi connectivity index (χ4v) is 3.81. The third-order valence-corrected chi connectivity index (χ3v) is 5.13. The summed E-state index contributed by atoms with van der Waals surface area (Å²) >= 11 is 5.24. The van der Waals surface area contributed by atoms with Crippen molar-refractivity contribution in [1.82, 2.24) is 4.90 Å². The van der Waals surface area contributed by atoms with E-state index in [0.717, 1.165) is 24.7 Å². The van der Waals surface area contributed by atoms with Crippen LogP contribution in [0.15, 0.2) is 18.2 Å². The minimum absolute atomic E-state index is 0.506. The molecule has 20 heavy (non-hydrogen) atoms. The van der Waals surface area contributed by atoms with Crippen LogP contribution in [-0.4, -0.2) is 42.1 Å². The van der Waals surface area contributed by atoms with Gasteiger partial charge in [-0.25, -0.2) is 0 Å². The summed E-state index contributed by atoms with van der Waals surface area (Å²) in [6.45, 7) is 4.28. The second-order valence-electron chi connectivity index (χ2n) is 6.17. The van der Waals surface area contributed by atoms with Crippen molar-refractivity contribution in [2.75, 3.05) is 25.0 Å². The van der Waals surface area contributed by atoms with Crippen LogP contribution in [0.4, 0.5) is 5.69 Å². The molecule has 0 aromatic heterocycles. The van der Waals surface area contributed by atoms with Crippen molar-refractivity contribution in [2.24, 2.45) is 5.73 Å². The molecule has 0 aliphatic carbocycles. The van der Waals surface area contributed by atoms with E-state index in [2.05, 4.69) is 42.0 Å². The lowest BCUT2D eigenvalue weighted by Crippen LogP contribution is -2.37. The van der Waals surface area contributed by atoms with Crippen LogP contribution in [-0.2, 0) is 0 Å². The van der Waals surface area contributed by atoms with Crippen molar-refractivity contribution in [3.8, 4) is 0 Å². The molecule has 2 saturated heterocycles. The average molecular weight is 289 g/mol. The molecular weight excluding hydrogens is 266 g/mol. The predicted octanol–water partition coefficient (Wildman–Crippen LogP) is 2.30. The van der Waals surface area contributed by atoms with Gasteiger partial charge in [0.15, 0.2) is 0 Å². The molecule has 2 fully saturated rings. The Kier molecular flexibility index (Phi) is 3.69. The molecule has 2 aliphatic heterocycles. The Morgan fingerprint density at radius 2 is 2.00 bits per heavy atom. The number of thiocarbonyl (C=S) groups is 1. The maximum absolute atomic E-state index is 5.93. The second-order valence-corrected chi connectivity index (χ2v) is 6.61. The van der Waals surface area contributed by atoms with Crippen molar-refractivity contribution >= 4 is 22.9 Å². The molecule has 0 spiro atoms. The van der Waals surface area contributed by atoms with Crippen molar-refractivity contribution in [3.05, 3.63) is 29.3 Å². The number of nitrogens with zero attached hydrogens (tertiary/aromatic N) is 2. The lowest BCUT2D eigenvalue weighted by molar-refractivity contribution is 0.254. The van der Waals surface area contributed by atoms with E-state index in [0.29, 0.717) is 11.0 Å². The zero-order valence-electron chi connectivity index (χ0n) is 12.3. The van der Waals surface area contributed by atoms with Gasteiger partial charge in [0.1, 0.15) is 4.99 Å². The Morgan fingerprint density at radius 1 is 1.25 bits per heavy atom. The van der Waals surface area contributed by atoms with Crippen LogP contribution in [0.1, 0.15) is 30.4 Å². The number of fused-ring (bicyclic) bond motifs is 2. The van der Waals surface area contributed by atoms with Crippen molar-refractivity contribution in [3.63, 3.8) is 0 Å². The van der Waals surface area contributed by atoms with E-state index in [-0.39, 0.29) is 0 Å². The maximum atomic E-state index is 5.93. The minimum Gasteiger partial charge on any atom is -0.389 e. The van der Waals surface area contributed by atoms with Gasteiger partial charge in [0.2, 0.25) is 0 Å². The first kappa shape index (κ1) is 13.8. The molecule has 1 aromatic carbocycles. The van der Waals surface area contributed by atoms with Gasteiger partial charge in [-0.15, -0.1) is 0 Å². The molecule has 2 atom stereocenters. The van der Waals surface area contributed by atoms with Crippen LogP contribution in [0.3, 0.4) is 0 Å². The van der Waals surface area contributed by atoms with Gasteiger partial charge in [-0.3, -0.25) is 4.90 Å². The number of rotatable bonds is 2. The van der Waals surface area contributed by atoms with E-state index in [1.807, 2.05) is 0 Å². The number of anilines is 1. The number of hydrogen-bond acceptors (Lipinski definition) is 3. The quantitative estimate of drug-likeness (QED) is 0.847.